The van der Waals surface area contributed by atoms with E-state index >= 15 is 0 Å². The van der Waals surface area contributed by atoms with E-state index < -0.39 is 0 Å². The van der Waals surface area contributed by atoms with Gasteiger partial charge in [-0.05, 0) is 37.5 Å². The predicted octanol–water partition coefficient (Wildman–Crippen LogP) is 3.75. The summed E-state index contributed by atoms with van der Waals surface area (Å²) in [5.41, 5.74) is 0.965. The standard InChI is InChI=1S/C30H52N4O5/c1-8-38-19-25(12-20(2)3)33-29(36)23-13-24(16-31-15-23)30(37)34(18-21(4)5)28-14-27(39-11-9-10-35)26(17-32-28)22(6)7/h14,17,20-25,31,35H,8-13,15-16,18-19H2,1-7H3,(H,33,36)/t23-,24+,25+/m0/s1. The van der Waals surface area contributed by atoms with Gasteiger partial charge in [-0.3, -0.25) is 14.5 Å². The summed E-state index contributed by atoms with van der Waals surface area (Å²) in [4.78, 5) is 33.6. The molecular weight excluding hydrogens is 496 g/mol. The number of carbonyl (C=O) groups excluding carboxylic acids is 2. The van der Waals surface area contributed by atoms with Crippen molar-refractivity contribution >= 4 is 17.6 Å². The fourth-order valence-electron chi connectivity index (χ4n) is 4.92. The molecule has 3 N–H and O–H groups in total. The minimum absolute atomic E-state index is 0.0280. The van der Waals surface area contributed by atoms with Crippen LogP contribution in [0.25, 0.3) is 0 Å². The zero-order chi connectivity index (χ0) is 28.9. The van der Waals surface area contributed by atoms with Gasteiger partial charge in [0.25, 0.3) is 0 Å². The Morgan fingerprint density at radius 1 is 1.15 bits per heavy atom. The number of aromatic nitrogens is 1. The Hall–Kier alpha value is -2.23. The highest BCUT2D eigenvalue weighted by Crippen LogP contribution is 2.31. The van der Waals surface area contributed by atoms with Crippen LogP contribution in [0, 0.1) is 23.7 Å². The third-order valence-corrected chi connectivity index (χ3v) is 6.85. The number of nitrogens with zero attached hydrogens (tertiary/aromatic N) is 2. The van der Waals surface area contributed by atoms with Crippen LogP contribution in [0.1, 0.15) is 79.2 Å². The monoisotopic (exact) mass is 548 g/mol. The second kappa shape index (κ2) is 16.8. The number of pyridine rings is 1. The number of ether oxygens (including phenoxy) is 2. The summed E-state index contributed by atoms with van der Waals surface area (Å²) in [5.74, 6) is 1.41. The van der Waals surface area contributed by atoms with E-state index in [-0.39, 0.29) is 48.1 Å². The van der Waals surface area contributed by atoms with Crippen LogP contribution < -0.4 is 20.3 Å². The Kier molecular flexibility index (Phi) is 14.2. The molecule has 39 heavy (non-hydrogen) atoms. The largest absolute Gasteiger partial charge is 0.493 e. The lowest BCUT2D eigenvalue weighted by Gasteiger charge is -2.34. The van der Waals surface area contributed by atoms with Gasteiger partial charge in [-0.1, -0.05) is 41.5 Å². The van der Waals surface area contributed by atoms with Gasteiger partial charge in [0.15, 0.2) is 0 Å². The molecule has 0 unspecified atom stereocenters. The van der Waals surface area contributed by atoms with Gasteiger partial charge in [0.1, 0.15) is 11.6 Å². The highest BCUT2D eigenvalue weighted by atomic mass is 16.5. The number of amides is 2. The number of rotatable bonds is 16. The molecule has 1 fully saturated rings. The van der Waals surface area contributed by atoms with Crippen molar-refractivity contribution in [3.05, 3.63) is 17.8 Å². The molecule has 1 aliphatic heterocycles. The summed E-state index contributed by atoms with van der Waals surface area (Å²) in [6.45, 7) is 17.7. The van der Waals surface area contributed by atoms with Crippen molar-refractivity contribution in [2.75, 3.05) is 51.0 Å². The van der Waals surface area contributed by atoms with Gasteiger partial charge in [-0.25, -0.2) is 4.98 Å². The van der Waals surface area contributed by atoms with E-state index in [9.17, 15) is 14.7 Å². The normalized spacial score (nSPS) is 18.4. The molecule has 3 atom stereocenters. The molecule has 2 heterocycles. The van der Waals surface area contributed by atoms with Crippen LogP contribution in [0.15, 0.2) is 12.3 Å². The lowest BCUT2D eigenvalue weighted by atomic mass is 9.88. The van der Waals surface area contributed by atoms with Crippen molar-refractivity contribution in [2.45, 2.75) is 79.7 Å². The first-order valence-corrected chi connectivity index (χ1v) is 14.7. The fraction of sp³-hybridized carbons (Fsp3) is 0.767. The molecule has 2 rings (SSSR count). The molecule has 222 valence electrons. The molecule has 0 bridgehead atoms. The second-order valence-corrected chi connectivity index (χ2v) is 11.8. The molecule has 0 spiro atoms. The maximum Gasteiger partial charge on any atom is 0.232 e. The average molecular weight is 549 g/mol. The van der Waals surface area contributed by atoms with E-state index in [0.29, 0.717) is 69.8 Å². The average Bonchev–Trinajstić information content (AvgIpc) is 2.89. The van der Waals surface area contributed by atoms with Crippen molar-refractivity contribution in [3.63, 3.8) is 0 Å². The third-order valence-electron chi connectivity index (χ3n) is 6.85. The molecule has 0 aliphatic carbocycles. The molecule has 1 saturated heterocycles. The SMILES string of the molecule is CCOC[C@@H](CC(C)C)NC(=O)[C@@H]1CNC[C@H](C(=O)N(CC(C)C)c2cc(OCCCO)c(C(C)C)cn2)C1. The molecular formula is C30H52N4O5. The number of piperidine rings is 1. The Bertz CT molecular complexity index is 892. The van der Waals surface area contributed by atoms with Crippen molar-refractivity contribution in [3.8, 4) is 5.75 Å². The van der Waals surface area contributed by atoms with E-state index in [1.54, 1.807) is 11.1 Å². The molecule has 1 aromatic rings. The number of carbonyl (C=O) groups is 2. The molecule has 9 heteroatoms. The first-order valence-electron chi connectivity index (χ1n) is 14.7. The lowest BCUT2D eigenvalue weighted by molar-refractivity contribution is -0.129. The maximum atomic E-state index is 13.9. The molecule has 9 nitrogen and oxygen atoms in total. The smallest absolute Gasteiger partial charge is 0.232 e. The summed E-state index contributed by atoms with van der Waals surface area (Å²) in [6.07, 6.45) is 3.65. The van der Waals surface area contributed by atoms with Crippen molar-refractivity contribution in [2.24, 2.45) is 23.7 Å². The van der Waals surface area contributed by atoms with Gasteiger partial charge in [0.2, 0.25) is 11.8 Å². The van der Waals surface area contributed by atoms with Crippen LogP contribution in [-0.4, -0.2) is 74.0 Å². The fourth-order valence-corrected chi connectivity index (χ4v) is 4.92. The number of aliphatic hydroxyl groups excluding tert-OH is 1. The lowest BCUT2D eigenvalue weighted by Crippen LogP contribution is -2.51. The van der Waals surface area contributed by atoms with Crippen molar-refractivity contribution < 1.29 is 24.2 Å². The van der Waals surface area contributed by atoms with Crippen LogP contribution >= 0.6 is 0 Å². The Labute approximate surface area is 235 Å². The van der Waals surface area contributed by atoms with Crippen LogP contribution in [0.4, 0.5) is 5.82 Å². The molecule has 1 aromatic heterocycles. The highest BCUT2D eigenvalue weighted by molar-refractivity contribution is 5.95. The maximum absolute atomic E-state index is 13.9. The topological polar surface area (TPSA) is 113 Å². The van der Waals surface area contributed by atoms with Crippen LogP contribution in [0.3, 0.4) is 0 Å². The van der Waals surface area contributed by atoms with E-state index in [4.69, 9.17) is 9.47 Å². The number of aliphatic hydroxyl groups is 1. The summed E-state index contributed by atoms with van der Waals surface area (Å²) >= 11 is 0. The van der Waals surface area contributed by atoms with Crippen LogP contribution in [0.2, 0.25) is 0 Å². The predicted molar refractivity (Wildman–Crippen MR) is 155 cm³/mol. The summed E-state index contributed by atoms with van der Waals surface area (Å²) < 4.78 is 11.6. The van der Waals surface area contributed by atoms with Gasteiger partial charge in [0, 0.05) is 57.1 Å². The molecule has 0 aromatic carbocycles. The van der Waals surface area contributed by atoms with Gasteiger partial charge in [0.05, 0.1) is 31.1 Å². The number of nitrogens with one attached hydrogen (secondary N) is 2. The number of hydrogen-bond donors (Lipinski definition) is 3. The second-order valence-electron chi connectivity index (χ2n) is 11.8. The summed E-state index contributed by atoms with van der Waals surface area (Å²) in [7, 11) is 0. The number of hydrogen-bond acceptors (Lipinski definition) is 7. The van der Waals surface area contributed by atoms with Crippen LogP contribution in [0.5, 0.6) is 5.75 Å². The van der Waals surface area contributed by atoms with Crippen molar-refractivity contribution in [1.82, 2.24) is 15.6 Å². The van der Waals surface area contributed by atoms with Gasteiger partial charge in [-0.2, -0.15) is 0 Å². The van der Waals surface area contributed by atoms with E-state index in [1.807, 2.05) is 13.0 Å². The zero-order valence-corrected chi connectivity index (χ0v) is 25.2. The van der Waals surface area contributed by atoms with E-state index in [0.717, 1.165) is 12.0 Å². The van der Waals surface area contributed by atoms with E-state index in [2.05, 4.69) is 57.2 Å². The molecule has 0 radical (unpaired) electrons. The highest BCUT2D eigenvalue weighted by Gasteiger charge is 2.35. The Balaban J connectivity index is 2.21. The molecule has 2 amide bonds. The molecule has 1 aliphatic rings. The summed E-state index contributed by atoms with van der Waals surface area (Å²) in [6, 6.07) is 1.80. The van der Waals surface area contributed by atoms with Gasteiger partial charge in [-0.15, -0.1) is 0 Å². The van der Waals surface area contributed by atoms with Gasteiger partial charge < -0.3 is 25.2 Å². The Morgan fingerprint density at radius 2 is 1.87 bits per heavy atom. The first kappa shape index (κ1) is 33.0. The first-order chi connectivity index (χ1) is 18.6. The Morgan fingerprint density at radius 3 is 2.49 bits per heavy atom. The van der Waals surface area contributed by atoms with Gasteiger partial charge >= 0.3 is 0 Å². The minimum Gasteiger partial charge on any atom is -0.493 e. The summed E-state index contributed by atoms with van der Waals surface area (Å²) in [5, 5.41) is 15.7. The third kappa shape index (κ3) is 10.7. The minimum atomic E-state index is -0.339. The number of anilines is 1. The van der Waals surface area contributed by atoms with E-state index in [1.165, 1.54) is 0 Å². The quantitative estimate of drug-likeness (QED) is 0.270. The molecule has 0 saturated carbocycles. The van der Waals surface area contributed by atoms with Crippen LogP contribution in [-0.2, 0) is 14.3 Å². The van der Waals surface area contributed by atoms with Crippen molar-refractivity contribution in [1.29, 1.82) is 0 Å². The zero-order valence-electron chi connectivity index (χ0n) is 25.2.